The van der Waals surface area contributed by atoms with Crippen LogP contribution in [-0.2, 0) is 10.3 Å². The molecule has 0 saturated carbocycles. The smallest absolute Gasteiger partial charge is 0.325 e. The molecule has 1 fully saturated rings. The van der Waals surface area contributed by atoms with E-state index in [0.717, 1.165) is 21.9 Å². The van der Waals surface area contributed by atoms with Crippen molar-refractivity contribution in [3.8, 4) is 0 Å². The molecule has 130 valence electrons. The second-order valence-electron chi connectivity index (χ2n) is 6.73. The zero-order valence-electron chi connectivity index (χ0n) is 14.8. The Kier molecular flexibility index (Phi) is 3.99. The van der Waals surface area contributed by atoms with Crippen molar-refractivity contribution in [3.05, 3.63) is 58.4 Å². The van der Waals surface area contributed by atoms with Gasteiger partial charge in [-0.25, -0.2) is 4.79 Å². The van der Waals surface area contributed by atoms with Gasteiger partial charge < -0.3 is 10.3 Å². The third kappa shape index (κ3) is 2.84. The van der Waals surface area contributed by atoms with Gasteiger partial charge in [-0.1, -0.05) is 29.8 Å². The van der Waals surface area contributed by atoms with Crippen LogP contribution in [0.15, 0.2) is 30.3 Å². The highest BCUT2D eigenvalue weighted by atomic mass is 16.2. The molecule has 1 aliphatic heterocycles. The lowest BCUT2D eigenvalue weighted by Crippen LogP contribution is -2.41. The average molecular weight is 339 g/mol. The number of aromatic nitrogens is 1. The molecule has 0 aliphatic carbocycles. The van der Waals surface area contributed by atoms with E-state index in [1.165, 1.54) is 0 Å². The number of nitrogens with zero attached hydrogens (tertiary/aromatic N) is 1. The highest BCUT2D eigenvalue weighted by Crippen LogP contribution is 2.29. The molecule has 25 heavy (non-hydrogen) atoms. The summed E-state index contributed by atoms with van der Waals surface area (Å²) in [6.07, 6.45) is 0. The van der Waals surface area contributed by atoms with E-state index in [1.807, 2.05) is 38.1 Å². The minimum absolute atomic E-state index is 0.265. The maximum Gasteiger partial charge on any atom is 0.325 e. The van der Waals surface area contributed by atoms with Crippen molar-refractivity contribution >= 4 is 17.7 Å². The van der Waals surface area contributed by atoms with Crippen LogP contribution in [0.3, 0.4) is 0 Å². The highest BCUT2D eigenvalue weighted by molar-refractivity contribution is 6.11. The molecule has 2 N–H and O–H groups in total. The monoisotopic (exact) mass is 339 g/mol. The number of carbonyl (C=O) groups is 3. The summed E-state index contributed by atoms with van der Waals surface area (Å²) in [5.74, 6) is -0.682. The van der Waals surface area contributed by atoms with Crippen LogP contribution in [0.2, 0.25) is 0 Å². The van der Waals surface area contributed by atoms with E-state index in [0.29, 0.717) is 11.1 Å². The SMILES string of the molecule is Cc1ccc([C@]2(C)NC(=O)N(CC(=O)c3cc(C)[nH]c3C)C2=O)cc1. The lowest BCUT2D eigenvalue weighted by atomic mass is 9.91. The fourth-order valence-corrected chi connectivity index (χ4v) is 3.17. The van der Waals surface area contributed by atoms with E-state index >= 15 is 0 Å². The molecule has 1 aromatic heterocycles. The van der Waals surface area contributed by atoms with Crippen molar-refractivity contribution in [1.82, 2.24) is 15.2 Å². The van der Waals surface area contributed by atoms with Gasteiger partial charge in [-0.15, -0.1) is 0 Å². The summed E-state index contributed by atoms with van der Waals surface area (Å²) in [7, 11) is 0. The predicted octanol–water partition coefficient (Wildman–Crippen LogP) is 2.59. The molecule has 3 rings (SSSR count). The first-order valence-electron chi connectivity index (χ1n) is 8.13. The van der Waals surface area contributed by atoms with Crippen LogP contribution < -0.4 is 5.32 Å². The molecule has 2 heterocycles. The van der Waals surface area contributed by atoms with Crippen molar-refractivity contribution in [1.29, 1.82) is 0 Å². The van der Waals surface area contributed by atoms with Crippen molar-refractivity contribution in [3.63, 3.8) is 0 Å². The Morgan fingerprint density at radius 1 is 1.12 bits per heavy atom. The molecular weight excluding hydrogens is 318 g/mol. The minimum Gasteiger partial charge on any atom is -0.362 e. The van der Waals surface area contributed by atoms with Crippen LogP contribution in [0.5, 0.6) is 0 Å². The van der Waals surface area contributed by atoms with Crippen LogP contribution in [0.25, 0.3) is 0 Å². The van der Waals surface area contributed by atoms with Gasteiger partial charge in [0.15, 0.2) is 5.78 Å². The van der Waals surface area contributed by atoms with Gasteiger partial charge in [-0.05, 0) is 39.3 Å². The molecule has 1 atom stereocenters. The van der Waals surface area contributed by atoms with E-state index in [4.69, 9.17) is 0 Å². The average Bonchev–Trinajstić information content (AvgIpc) is 3.00. The van der Waals surface area contributed by atoms with Gasteiger partial charge in [-0.2, -0.15) is 0 Å². The van der Waals surface area contributed by atoms with Crippen LogP contribution >= 0.6 is 0 Å². The molecule has 2 aromatic rings. The number of carbonyl (C=O) groups excluding carboxylic acids is 3. The van der Waals surface area contributed by atoms with Gasteiger partial charge in [0.25, 0.3) is 5.91 Å². The number of rotatable bonds is 4. The molecule has 0 spiro atoms. The number of H-pyrrole nitrogens is 1. The van der Waals surface area contributed by atoms with Crippen LogP contribution in [-0.4, -0.2) is 34.2 Å². The van der Waals surface area contributed by atoms with E-state index < -0.39 is 17.5 Å². The maximum absolute atomic E-state index is 12.9. The number of imide groups is 1. The molecule has 0 bridgehead atoms. The molecule has 1 saturated heterocycles. The van der Waals surface area contributed by atoms with E-state index in [9.17, 15) is 14.4 Å². The molecular formula is C19H21N3O3. The quantitative estimate of drug-likeness (QED) is 0.663. The standard InChI is InChI=1S/C19H21N3O3/c1-11-5-7-14(8-6-11)19(4)17(24)22(18(25)21-19)10-16(23)15-9-12(2)20-13(15)3/h5-9,20H,10H2,1-4H3,(H,21,25)/t19-/m0/s1. The summed E-state index contributed by atoms with van der Waals surface area (Å²) in [5, 5.41) is 2.72. The summed E-state index contributed by atoms with van der Waals surface area (Å²) in [4.78, 5) is 41.8. The first-order valence-corrected chi connectivity index (χ1v) is 8.13. The van der Waals surface area contributed by atoms with Gasteiger partial charge in [0.05, 0.1) is 6.54 Å². The van der Waals surface area contributed by atoms with Gasteiger partial charge in [0, 0.05) is 17.0 Å². The summed E-state index contributed by atoms with van der Waals surface area (Å²) in [6, 6.07) is 8.59. The molecule has 6 nitrogen and oxygen atoms in total. The number of benzene rings is 1. The summed E-state index contributed by atoms with van der Waals surface area (Å²) in [5.41, 5.74) is 2.70. The second-order valence-corrected chi connectivity index (χ2v) is 6.73. The Balaban J connectivity index is 1.85. The Labute approximate surface area is 146 Å². The van der Waals surface area contributed by atoms with Gasteiger partial charge in [0.2, 0.25) is 0 Å². The first kappa shape index (κ1) is 17.0. The molecule has 3 amide bonds. The van der Waals surface area contributed by atoms with E-state index in [-0.39, 0.29) is 12.3 Å². The largest absolute Gasteiger partial charge is 0.362 e. The van der Waals surface area contributed by atoms with Crippen molar-refractivity contribution in [2.24, 2.45) is 0 Å². The predicted molar refractivity (Wildman–Crippen MR) is 93.4 cm³/mol. The Bertz CT molecular complexity index is 867. The number of hydrogen-bond acceptors (Lipinski definition) is 3. The lowest BCUT2D eigenvalue weighted by Gasteiger charge is -2.22. The van der Waals surface area contributed by atoms with Crippen molar-refractivity contribution < 1.29 is 14.4 Å². The Morgan fingerprint density at radius 2 is 1.76 bits per heavy atom. The zero-order chi connectivity index (χ0) is 18.4. The molecule has 6 heteroatoms. The van der Waals surface area contributed by atoms with Gasteiger partial charge in [-0.3, -0.25) is 14.5 Å². The lowest BCUT2D eigenvalue weighted by molar-refractivity contribution is -0.130. The number of aryl methyl sites for hydroxylation is 3. The number of urea groups is 1. The number of hydrogen-bond donors (Lipinski definition) is 2. The topological polar surface area (TPSA) is 82.3 Å². The van der Waals surface area contributed by atoms with E-state index in [2.05, 4.69) is 10.3 Å². The maximum atomic E-state index is 12.9. The van der Waals surface area contributed by atoms with Crippen molar-refractivity contribution in [2.75, 3.05) is 6.54 Å². The summed E-state index contributed by atoms with van der Waals surface area (Å²) in [6.45, 7) is 6.99. The Morgan fingerprint density at radius 3 is 2.32 bits per heavy atom. The number of Topliss-reactive ketones (excluding diaryl/α,β-unsaturated/α-hetero) is 1. The van der Waals surface area contributed by atoms with Crippen LogP contribution in [0.1, 0.15) is 39.8 Å². The molecule has 1 aromatic carbocycles. The third-order valence-corrected chi connectivity index (χ3v) is 4.66. The van der Waals surface area contributed by atoms with Gasteiger partial charge in [0.1, 0.15) is 5.54 Å². The molecule has 0 radical (unpaired) electrons. The highest BCUT2D eigenvalue weighted by Gasteiger charge is 2.49. The third-order valence-electron chi connectivity index (χ3n) is 4.66. The fraction of sp³-hybridized carbons (Fsp3) is 0.316. The summed E-state index contributed by atoms with van der Waals surface area (Å²) >= 11 is 0. The number of ketones is 1. The van der Waals surface area contributed by atoms with E-state index in [1.54, 1.807) is 19.9 Å². The molecule has 0 unspecified atom stereocenters. The normalized spacial score (nSPS) is 20.1. The zero-order valence-corrected chi connectivity index (χ0v) is 14.8. The number of amides is 3. The minimum atomic E-state index is -1.16. The van der Waals surface area contributed by atoms with Crippen LogP contribution in [0, 0.1) is 20.8 Å². The fourth-order valence-electron chi connectivity index (χ4n) is 3.17. The number of nitrogens with one attached hydrogen (secondary N) is 2. The Hall–Kier alpha value is -2.89. The molecule has 1 aliphatic rings. The summed E-state index contributed by atoms with van der Waals surface area (Å²) < 4.78 is 0. The number of aromatic amines is 1. The van der Waals surface area contributed by atoms with Crippen LogP contribution in [0.4, 0.5) is 4.79 Å². The second kappa shape index (κ2) is 5.88. The van der Waals surface area contributed by atoms with Crippen molar-refractivity contribution in [2.45, 2.75) is 33.2 Å². The van der Waals surface area contributed by atoms with Gasteiger partial charge >= 0.3 is 6.03 Å². The first-order chi connectivity index (χ1) is 11.7.